The summed E-state index contributed by atoms with van der Waals surface area (Å²) >= 11 is 0. The van der Waals surface area contributed by atoms with E-state index in [9.17, 15) is 27.6 Å². The smallest absolute Gasteiger partial charge is 0.389 e. The standard InChI is InChI=1S/C27H32F3NO6/c1-5-36-26(34)20-15-31-21(16(2)3)11-17-12-25(37-10-6-9-35-4)19(23(32)7-8-27(28,29)30)13-18(17)22(31)14-24(20)33/h12-16,21H,5-11H2,1-4H3. The molecule has 10 heteroatoms. The Kier molecular flexibility index (Phi) is 9.17. The fourth-order valence-electron chi connectivity index (χ4n) is 4.42. The number of aromatic nitrogens is 1. The van der Waals surface area contributed by atoms with Gasteiger partial charge in [0.1, 0.15) is 11.3 Å². The van der Waals surface area contributed by atoms with Gasteiger partial charge < -0.3 is 18.8 Å². The molecule has 37 heavy (non-hydrogen) atoms. The largest absolute Gasteiger partial charge is 0.493 e. The lowest BCUT2D eigenvalue weighted by molar-refractivity contribution is -0.133. The maximum atomic E-state index is 12.9. The summed E-state index contributed by atoms with van der Waals surface area (Å²) in [7, 11) is 1.55. The number of esters is 1. The number of hydrogen-bond donors (Lipinski definition) is 0. The van der Waals surface area contributed by atoms with Crippen LogP contribution in [0.3, 0.4) is 0 Å². The normalized spacial score (nSPS) is 14.8. The van der Waals surface area contributed by atoms with Crippen LogP contribution < -0.4 is 10.2 Å². The van der Waals surface area contributed by atoms with Crippen LogP contribution in [0.2, 0.25) is 0 Å². The monoisotopic (exact) mass is 523 g/mol. The highest BCUT2D eigenvalue weighted by Gasteiger charge is 2.32. The summed E-state index contributed by atoms with van der Waals surface area (Å²) in [6.07, 6.45) is -3.93. The second-order valence-corrected chi connectivity index (χ2v) is 9.32. The van der Waals surface area contributed by atoms with E-state index in [0.717, 1.165) is 5.56 Å². The number of pyridine rings is 1. The number of ketones is 1. The molecule has 202 valence electrons. The van der Waals surface area contributed by atoms with E-state index in [4.69, 9.17) is 14.2 Å². The average molecular weight is 524 g/mol. The summed E-state index contributed by atoms with van der Waals surface area (Å²) < 4.78 is 56.2. The Labute approximate surface area is 213 Å². The first-order chi connectivity index (χ1) is 17.5. The van der Waals surface area contributed by atoms with Gasteiger partial charge in [-0.1, -0.05) is 13.8 Å². The van der Waals surface area contributed by atoms with Crippen LogP contribution >= 0.6 is 0 Å². The number of halogens is 3. The first kappa shape index (κ1) is 28.4. The van der Waals surface area contributed by atoms with Gasteiger partial charge in [-0.05, 0) is 37.0 Å². The Morgan fingerprint density at radius 2 is 1.86 bits per heavy atom. The van der Waals surface area contributed by atoms with E-state index in [0.29, 0.717) is 30.7 Å². The maximum Gasteiger partial charge on any atom is 0.389 e. The first-order valence-corrected chi connectivity index (χ1v) is 12.3. The minimum absolute atomic E-state index is 0.0249. The number of carbonyl (C=O) groups excluding carboxylic acids is 2. The molecule has 1 aliphatic heterocycles. The van der Waals surface area contributed by atoms with Gasteiger partial charge in [0.05, 0.1) is 30.9 Å². The Balaban J connectivity index is 2.13. The lowest BCUT2D eigenvalue weighted by Gasteiger charge is -2.34. The summed E-state index contributed by atoms with van der Waals surface area (Å²) in [6, 6.07) is 4.39. The van der Waals surface area contributed by atoms with E-state index in [1.807, 2.05) is 18.4 Å². The van der Waals surface area contributed by atoms with Crippen molar-refractivity contribution in [3.8, 4) is 17.0 Å². The second-order valence-electron chi connectivity index (χ2n) is 9.32. The highest BCUT2D eigenvalue weighted by Crippen LogP contribution is 2.41. The molecule has 3 rings (SSSR count). The number of benzene rings is 1. The molecule has 0 amide bonds. The van der Waals surface area contributed by atoms with Gasteiger partial charge in [0, 0.05) is 50.4 Å². The molecule has 0 spiro atoms. The van der Waals surface area contributed by atoms with Crippen molar-refractivity contribution in [1.29, 1.82) is 0 Å². The molecular weight excluding hydrogens is 491 g/mol. The van der Waals surface area contributed by atoms with Crippen LogP contribution in [0.15, 0.2) is 29.2 Å². The van der Waals surface area contributed by atoms with E-state index in [2.05, 4.69) is 0 Å². The molecule has 0 N–H and O–H groups in total. The fraction of sp³-hybridized carbons (Fsp3) is 0.519. The summed E-state index contributed by atoms with van der Waals surface area (Å²) in [5.41, 5.74) is 1.22. The van der Waals surface area contributed by atoms with Gasteiger partial charge in [-0.2, -0.15) is 13.2 Å². The van der Waals surface area contributed by atoms with Gasteiger partial charge in [-0.3, -0.25) is 9.59 Å². The number of fused-ring (bicyclic) bond motifs is 3. The lowest BCUT2D eigenvalue weighted by Crippen LogP contribution is -2.29. The van der Waals surface area contributed by atoms with Crippen LogP contribution in [0.4, 0.5) is 13.2 Å². The van der Waals surface area contributed by atoms with Crippen molar-refractivity contribution in [3.63, 3.8) is 0 Å². The third-order valence-corrected chi connectivity index (χ3v) is 6.30. The van der Waals surface area contributed by atoms with Gasteiger partial charge in [-0.25, -0.2) is 4.79 Å². The zero-order valence-corrected chi connectivity index (χ0v) is 21.4. The Morgan fingerprint density at radius 1 is 1.14 bits per heavy atom. The second kappa shape index (κ2) is 11.9. The predicted molar refractivity (Wildman–Crippen MR) is 131 cm³/mol. The molecule has 1 aromatic heterocycles. The van der Waals surface area contributed by atoms with Gasteiger partial charge in [-0.15, -0.1) is 0 Å². The number of Topliss-reactive ketones (excluding diaryl/α,β-unsaturated/α-hetero) is 1. The van der Waals surface area contributed by atoms with E-state index in [1.54, 1.807) is 20.1 Å². The van der Waals surface area contributed by atoms with Crippen LogP contribution in [0, 0.1) is 5.92 Å². The molecule has 0 saturated carbocycles. The van der Waals surface area contributed by atoms with Crippen molar-refractivity contribution in [2.24, 2.45) is 5.92 Å². The molecule has 7 nitrogen and oxygen atoms in total. The fourth-order valence-corrected chi connectivity index (χ4v) is 4.42. The molecule has 0 bridgehead atoms. The molecule has 0 fully saturated rings. The van der Waals surface area contributed by atoms with Gasteiger partial charge in [0.15, 0.2) is 11.2 Å². The molecule has 0 saturated heterocycles. The maximum absolute atomic E-state index is 12.9. The van der Waals surface area contributed by atoms with Gasteiger partial charge in [0.2, 0.25) is 0 Å². The highest BCUT2D eigenvalue weighted by molar-refractivity contribution is 6.00. The number of methoxy groups -OCH3 is 1. The minimum Gasteiger partial charge on any atom is -0.493 e. The van der Waals surface area contributed by atoms with Crippen molar-refractivity contribution in [2.75, 3.05) is 26.9 Å². The number of ether oxygens (including phenoxy) is 3. The van der Waals surface area contributed by atoms with Gasteiger partial charge in [0.25, 0.3) is 0 Å². The Hall–Kier alpha value is -3.14. The quantitative estimate of drug-likeness (QED) is 0.223. The molecule has 0 aliphatic carbocycles. The lowest BCUT2D eigenvalue weighted by atomic mass is 9.85. The topological polar surface area (TPSA) is 83.8 Å². The van der Waals surface area contributed by atoms with Crippen LogP contribution in [0.25, 0.3) is 11.3 Å². The van der Waals surface area contributed by atoms with E-state index >= 15 is 0 Å². The minimum atomic E-state index is -4.47. The number of hydrogen-bond acceptors (Lipinski definition) is 6. The molecule has 1 aliphatic rings. The van der Waals surface area contributed by atoms with E-state index in [1.165, 1.54) is 18.3 Å². The predicted octanol–water partition coefficient (Wildman–Crippen LogP) is 5.39. The van der Waals surface area contributed by atoms with Crippen molar-refractivity contribution in [1.82, 2.24) is 4.57 Å². The number of nitrogens with zero attached hydrogens (tertiary/aromatic N) is 1. The van der Waals surface area contributed by atoms with Gasteiger partial charge >= 0.3 is 12.1 Å². The zero-order chi connectivity index (χ0) is 27.3. The summed E-state index contributed by atoms with van der Waals surface area (Å²) in [4.78, 5) is 38.1. The van der Waals surface area contributed by atoms with E-state index < -0.39 is 36.2 Å². The zero-order valence-electron chi connectivity index (χ0n) is 21.4. The number of carbonyl (C=O) groups is 2. The first-order valence-electron chi connectivity index (χ1n) is 12.3. The van der Waals surface area contributed by atoms with Crippen LogP contribution in [0.5, 0.6) is 5.75 Å². The summed E-state index contributed by atoms with van der Waals surface area (Å²) in [5.74, 6) is -1.10. The average Bonchev–Trinajstić information content (AvgIpc) is 2.83. The molecule has 1 aromatic carbocycles. The molecule has 2 heterocycles. The molecule has 1 unspecified atom stereocenters. The number of rotatable bonds is 11. The number of alkyl halides is 3. The van der Waals surface area contributed by atoms with Crippen LogP contribution in [-0.2, 0) is 15.9 Å². The van der Waals surface area contributed by atoms with Crippen molar-refractivity contribution in [3.05, 3.63) is 51.3 Å². The SMILES string of the molecule is CCOC(=O)c1cn2c(cc1=O)-c1cc(C(=O)CCC(F)(F)F)c(OCCCOC)cc1CC2C(C)C. The molecule has 1 atom stereocenters. The van der Waals surface area contributed by atoms with Crippen LogP contribution in [0.1, 0.15) is 72.4 Å². The molecule has 2 aromatic rings. The van der Waals surface area contributed by atoms with Crippen molar-refractivity contribution < 1.29 is 37.0 Å². The summed E-state index contributed by atoms with van der Waals surface area (Å²) in [6.45, 7) is 6.44. The molecule has 0 radical (unpaired) electrons. The Bertz CT molecular complexity index is 1200. The van der Waals surface area contributed by atoms with Crippen molar-refractivity contribution in [2.45, 2.75) is 58.7 Å². The third-order valence-electron chi connectivity index (χ3n) is 6.30. The molecular formula is C27H32F3NO6. The Morgan fingerprint density at radius 3 is 2.49 bits per heavy atom. The third kappa shape index (κ3) is 6.80. The summed E-state index contributed by atoms with van der Waals surface area (Å²) in [5, 5.41) is 0. The van der Waals surface area contributed by atoms with E-state index in [-0.39, 0.29) is 42.0 Å². The highest BCUT2D eigenvalue weighted by atomic mass is 19.4. The van der Waals surface area contributed by atoms with Crippen molar-refractivity contribution >= 4 is 11.8 Å². The van der Waals surface area contributed by atoms with Crippen LogP contribution in [-0.4, -0.2) is 49.4 Å².